The van der Waals surface area contributed by atoms with Gasteiger partial charge in [0.2, 0.25) is 0 Å². The lowest BCUT2D eigenvalue weighted by Gasteiger charge is -2.18. The Bertz CT molecular complexity index is 961. The minimum atomic E-state index is -0.448. The molecule has 1 aromatic heterocycles. The van der Waals surface area contributed by atoms with Gasteiger partial charge >= 0.3 is 0 Å². The first-order valence-electron chi connectivity index (χ1n) is 8.73. The molecule has 2 aliphatic rings. The van der Waals surface area contributed by atoms with Gasteiger partial charge in [0, 0.05) is 30.4 Å². The van der Waals surface area contributed by atoms with Gasteiger partial charge in [0.1, 0.15) is 15.8 Å². The van der Waals surface area contributed by atoms with E-state index >= 15 is 0 Å². The zero-order chi connectivity index (χ0) is 19.7. The third-order valence-electron chi connectivity index (χ3n) is 4.55. The van der Waals surface area contributed by atoms with Gasteiger partial charge in [0.05, 0.1) is 22.5 Å². The third kappa shape index (κ3) is 3.87. The summed E-state index contributed by atoms with van der Waals surface area (Å²) >= 11 is 6.60. The third-order valence-corrected chi connectivity index (χ3v) is 5.92. The van der Waals surface area contributed by atoms with Crippen molar-refractivity contribution < 1.29 is 18.9 Å². The van der Waals surface area contributed by atoms with Crippen molar-refractivity contribution in [3.63, 3.8) is 0 Å². The molecule has 0 saturated carbocycles. The second-order valence-electron chi connectivity index (χ2n) is 6.43. The average molecular weight is 416 g/mol. The molecule has 2 saturated heterocycles. The van der Waals surface area contributed by atoms with Gasteiger partial charge in [-0.2, -0.15) is 0 Å². The molecule has 28 heavy (non-hydrogen) atoms. The highest BCUT2D eigenvalue weighted by atomic mass is 32.2. The van der Waals surface area contributed by atoms with Crippen LogP contribution in [0.1, 0.15) is 18.6 Å². The van der Waals surface area contributed by atoms with Crippen molar-refractivity contribution in [1.29, 1.82) is 0 Å². The highest BCUT2D eigenvalue weighted by molar-refractivity contribution is 8.26. The van der Waals surface area contributed by atoms with Gasteiger partial charge in [-0.05, 0) is 37.1 Å². The topological polar surface area (TPSA) is 85.8 Å². The monoisotopic (exact) mass is 416 g/mol. The lowest BCUT2D eigenvalue weighted by molar-refractivity contribution is -0.384. The lowest BCUT2D eigenvalue weighted by atomic mass is 10.1. The van der Waals surface area contributed by atoms with E-state index in [1.54, 1.807) is 35.2 Å². The Balaban J connectivity index is 1.49. The van der Waals surface area contributed by atoms with Crippen LogP contribution in [0.4, 0.5) is 5.69 Å². The first-order valence-corrected chi connectivity index (χ1v) is 9.95. The van der Waals surface area contributed by atoms with Crippen LogP contribution >= 0.6 is 24.0 Å². The maximum absolute atomic E-state index is 12.7. The molecule has 0 aliphatic carbocycles. The molecule has 1 aromatic carbocycles. The molecule has 3 heterocycles. The highest BCUT2D eigenvalue weighted by Crippen LogP contribution is 2.34. The lowest BCUT2D eigenvalue weighted by Crippen LogP contribution is -2.35. The Hall–Kier alpha value is -2.49. The summed E-state index contributed by atoms with van der Waals surface area (Å²) in [5, 5.41) is 10.8. The van der Waals surface area contributed by atoms with E-state index in [9.17, 15) is 14.9 Å². The van der Waals surface area contributed by atoms with E-state index in [1.807, 2.05) is 0 Å². The number of rotatable bonds is 5. The van der Waals surface area contributed by atoms with E-state index in [2.05, 4.69) is 0 Å². The first kappa shape index (κ1) is 18.9. The van der Waals surface area contributed by atoms with Crippen LogP contribution < -0.4 is 0 Å². The maximum Gasteiger partial charge on any atom is 0.269 e. The Morgan fingerprint density at radius 3 is 2.75 bits per heavy atom. The van der Waals surface area contributed by atoms with E-state index in [1.165, 1.54) is 23.9 Å². The second kappa shape index (κ2) is 7.86. The smallest absolute Gasteiger partial charge is 0.269 e. The van der Waals surface area contributed by atoms with Crippen LogP contribution in [0.5, 0.6) is 0 Å². The highest BCUT2D eigenvalue weighted by Gasteiger charge is 2.34. The summed E-state index contributed by atoms with van der Waals surface area (Å²) in [6, 6.07) is 9.62. The fourth-order valence-corrected chi connectivity index (χ4v) is 4.37. The number of thiocarbonyl (C=S) groups is 1. The quantitative estimate of drug-likeness (QED) is 0.312. The molecule has 144 valence electrons. The Morgan fingerprint density at radius 2 is 2.07 bits per heavy atom. The van der Waals surface area contributed by atoms with Crippen molar-refractivity contribution in [2.24, 2.45) is 0 Å². The Kier molecular flexibility index (Phi) is 5.29. The minimum absolute atomic E-state index is 0.0189. The van der Waals surface area contributed by atoms with Crippen LogP contribution in [0.15, 0.2) is 45.7 Å². The number of nitro benzene ring substituents is 1. The molecule has 1 amide bonds. The number of hydrogen-bond acceptors (Lipinski definition) is 7. The molecule has 0 spiro atoms. The van der Waals surface area contributed by atoms with E-state index in [4.69, 9.17) is 21.4 Å². The van der Waals surface area contributed by atoms with Crippen molar-refractivity contribution >= 4 is 46.0 Å². The van der Waals surface area contributed by atoms with E-state index < -0.39 is 4.92 Å². The fraction of sp³-hybridized carbons (Fsp3) is 0.263. The molecule has 1 atom stereocenters. The summed E-state index contributed by atoms with van der Waals surface area (Å²) in [5.74, 6) is 0.945. The van der Waals surface area contributed by atoms with Crippen LogP contribution in [-0.4, -0.2) is 39.3 Å². The number of hydrogen-bond donors (Lipinski definition) is 0. The number of thioether (sulfide) groups is 1. The number of carbonyl (C=O) groups excluding carboxylic acids is 1. The van der Waals surface area contributed by atoms with Gasteiger partial charge in [0.15, 0.2) is 0 Å². The molecular formula is C19H16N2O5S2. The van der Waals surface area contributed by atoms with Gasteiger partial charge < -0.3 is 9.15 Å². The van der Waals surface area contributed by atoms with Crippen molar-refractivity contribution in [2.45, 2.75) is 18.9 Å². The molecule has 0 unspecified atom stereocenters. The number of ether oxygens (including phenoxy) is 1. The summed E-state index contributed by atoms with van der Waals surface area (Å²) < 4.78 is 11.9. The van der Waals surface area contributed by atoms with Crippen LogP contribution in [0.2, 0.25) is 0 Å². The van der Waals surface area contributed by atoms with Gasteiger partial charge in [-0.1, -0.05) is 24.0 Å². The fourth-order valence-electron chi connectivity index (χ4n) is 3.11. The van der Waals surface area contributed by atoms with E-state index in [0.29, 0.717) is 27.3 Å². The number of amides is 1. The van der Waals surface area contributed by atoms with Crippen LogP contribution in [0, 0.1) is 10.1 Å². The second-order valence-corrected chi connectivity index (χ2v) is 8.11. The summed E-state index contributed by atoms with van der Waals surface area (Å²) in [6.45, 7) is 1.21. The SMILES string of the molecule is O=C1/C(=C/c2ccc(-c3ccc([N+](=O)[O-])cc3)o2)SC(=S)N1C[C@@H]1CCCO1. The largest absolute Gasteiger partial charge is 0.457 e. The average Bonchev–Trinajstić information content (AvgIpc) is 3.41. The van der Waals surface area contributed by atoms with Gasteiger partial charge in [-0.15, -0.1) is 0 Å². The molecule has 4 rings (SSSR count). The Morgan fingerprint density at radius 1 is 1.29 bits per heavy atom. The van der Waals surface area contributed by atoms with Crippen molar-refractivity contribution in [1.82, 2.24) is 4.90 Å². The molecule has 9 heteroatoms. The van der Waals surface area contributed by atoms with Crippen molar-refractivity contribution in [3.8, 4) is 11.3 Å². The number of nitrogens with zero attached hydrogens (tertiary/aromatic N) is 2. The molecular weight excluding hydrogens is 400 g/mol. The van der Waals surface area contributed by atoms with Crippen molar-refractivity contribution in [3.05, 3.63) is 57.2 Å². The number of carbonyl (C=O) groups is 1. The predicted octanol–water partition coefficient (Wildman–Crippen LogP) is 4.24. The predicted molar refractivity (Wildman–Crippen MR) is 110 cm³/mol. The summed E-state index contributed by atoms with van der Waals surface area (Å²) in [4.78, 5) is 25.1. The summed E-state index contributed by atoms with van der Waals surface area (Å²) in [7, 11) is 0. The van der Waals surface area contributed by atoms with E-state index in [0.717, 1.165) is 25.0 Å². The molecule has 2 aromatic rings. The number of non-ortho nitro benzene ring substituents is 1. The normalized spacial score (nSPS) is 21.1. The number of furan rings is 1. The molecule has 2 fully saturated rings. The summed E-state index contributed by atoms with van der Waals surface area (Å²) in [5.41, 5.74) is 0.738. The number of nitro groups is 1. The standard InChI is InChI=1S/C19H16N2O5S2/c22-18-17(28-19(27)20(18)11-15-2-1-9-25-15)10-14-7-8-16(26-14)12-3-5-13(6-4-12)21(23)24/h3-8,10,15H,1-2,9,11H2/b17-10-/t15-/m0/s1. The molecule has 0 radical (unpaired) electrons. The molecule has 0 N–H and O–H groups in total. The van der Waals surface area contributed by atoms with Gasteiger partial charge in [-0.3, -0.25) is 19.8 Å². The van der Waals surface area contributed by atoms with Gasteiger partial charge in [-0.25, -0.2) is 0 Å². The van der Waals surface area contributed by atoms with E-state index in [-0.39, 0.29) is 17.7 Å². The van der Waals surface area contributed by atoms with Crippen LogP contribution in [0.25, 0.3) is 17.4 Å². The molecule has 0 bridgehead atoms. The first-order chi connectivity index (χ1) is 13.5. The molecule has 7 nitrogen and oxygen atoms in total. The van der Waals surface area contributed by atoms with Crippen molar-refractivity contribution in [2.75, 3.05) is 13.2 Å². The van der Waals surface area contributed by atoms with Crippen LogP contribution in [0.3, 0.4) is 0 Å². The maximum atomic E-state index is 12.7. The summed E-state index contributed by atoms with van der Waals surface area (Å²) in [6.07, 6.45) is 3.66. The molecule has 2 aliphatic heterocycles. The Labute approximate surface area is 170 Å². The minimum Gasteiger partial charge on any atom is -0.457 e. The van der Waals surface area contributed by atoms with Gasteiger partial charge in [0.25, 0.3) is 11.6 Å². The zero-order valence-corrected chi connectivity index (χ0v) is 16.3. The zero-order valence-electron chi connectivity index (χ0n) is 14.7. The van der Waals surface area contributed by atoms with Crippen LogP contribution in [-0.2, 0) is 9.53 Å². The number of benzene rings is 1.